The number of unbranched alkanes of at least 4 members (excludes halogenated alkanes) is 1. The first-order valence-electron chi connectivity index (χ1n) is 7.52. The molecule has 0 aromatic heterocycles. The molecule has 1 heterocycles. The van der Waals surface area contributed by atoms with E-state index in [0.717, 1.165) is 38.9 Å². The maximum absolute atomic E-state index is 12.6. The molecule has 2 rings (SSSR count). The van der Waals surface area contributed by atoms with Crippen molar-refractivity contribution in [1.29, 1.82) is 0 Å². The number of carbonyl (C=O) groups excluding carboxylic acids is 1. The first-order chi connectivity index (χ1) is 9.70. The average molecular weight is 276 g/mol. The smallest absolute Gasteiger partial charge is 0.253 e. The van der Waals surface area contributed by atoms with Crippen LogP contribution in [0.2, 0.25) is 0 Å². The van der Waals surface area contributed by atoms with E-state index in [9.17, 15) is 9.90 Å². The molecule has 1 atom stereocenters. The predicted molar refractivity (Wildman–Crippen MR) is 79.9 cm³/mol. The Morgan fingerprint density at radius 1 is 1.40 bits per heavy atom. The molecule has 0 bridgehead atoms. The van der Waals surface area contributed by atoms with E-state index in [1.54, 1.807) is 24.3 Å². The maximum atomic E-state index is 12.6. The molecule has 0 radical (unpaired) electrons. The number of amides is 1. The van der Waals surface area contributed by atoms with Gasteiger partial charge < -0.3 is 15.3 Å². The molecule has 110 valence electrons. The van der Waals surface area contributed by atoms with Crippen LogP contribution >= 0.6 is 0 Å². The predicted octanol–water partition coefficient (Wildman–Crippen LogP) is 2.39. The molecule has 1 unspecified atom stereocenters. The lowest BCUT2D eigenvalue weighted by Crippen LogP contribution is -2.41. The number of nitrogens with zero attached hydrogens (tertiary/aromatic N) is 1. The van der Waals surface area contributed by atoms with Gasteiger partial charge >= 0.3 is 0 Å². The third-order valence-corrected chi connectivity index (χ3v) is 3.79. The van der Waals surface area contributed by atoms with E-state index in [1.165, 1.54) is 6.42 Å². The Hall–Kier alpha value is -1.55. The Morgan fingerprint density at radius 3 is 2.75 bits per heavy atom. The van der Waals surface area contributed by atoms with Gasteiger partial charge in [0.05, 0.1) is 0 Å². The molecule has 1 aliphatic heterocycles. The minimum Gasteiger partial charge on any atom is -0.508 e. The second-order valence-electron chi connectivity index (χ2n) is 5.44. The summed E-state index contributed by atoms with van der Waals surface area (Å²) in [6.07, 6.45) is 4.44. The van der Waals surface area contributed by atoms with Gasteiger partial charge in [0.15, 0.2) is 0 Å². The van der Waals surface area contributed by atoms with E-state index in [2.05, 4.69) is 12.2 Å². The van der Waals surface area contributed by atoms with E-state index in [-0.39, 0.29) is 11.7 Å². The first kappa shape index (κ1) is 14.9. The molecule has 1 fully saturated rings. The zero-order valence-corrected chi connectivity index (χ0v) is 12.1. The van der Waals surface area contributed by atoms with Crippen LogP contribution in [0.4, 0.5) is 0 Å². The maximum Gasteiger partial charge on any atom is 0.253 e. The number of rotatable bonds is 6. The van der Waals surface area contributed by atoms with Crippen molar-refractivity contribution in [3.8, 4) is 5.75 Å². The van der Waals surface area contributed by atoms with Gasteiger partial charge in [0.25, 0.3) is 5.91 Å². The fraction of sp³-hybridized carbons (Fsp3) is 0.562. The molecule has 0 spiro atoms. The zero-order chi connectivity index (χ0) is 14.4. The molecular formula is C16H24N2O2. The number of phenols is 1. The van der Waals surface area contributed by atoms with E-state index >= 15 is 0 Å². The first-order valence-corrected chi connectivity index (χ1v) is 7.52. The summed E-state index contributed by atoms with van der Waals surface area (Å²) in [5, 5.41) is 12.8. The van der Waals surface area contributed by atoms with E-state index in [4.69, 9.17) is 0 Å². The van der Waals surface area contributed by atoms with Gasteiger partial charge in [-0.15, -0.1) is 0 Å². The van der Waals surface area contributed by atoms with Crippen molar-refractivity contribution in [3.63, 3.8) is 0 Å². The number of hydrogen-bond acceptors (Lipinski definition) is 3. The van der Waals surface area contributed by atoms with Crippen LogP contribution < -0.4 is 5.32 Å². The fourth-order valence-electron chi connectivity index (χ4n) is 2.59. The van der Waals surface area contributed by atoms with Gasteiger partial charge in [-0.3, -0.25) is 4.79 Å². The molecule has 0 aliphatic carbocycles. The Morgan fingerprint density at radius 2 is 2.15 bits per heavy atom. The lowest BCUT2D eigenvalue weighted by atomic mass is 10.1. The number of aromatic hydroxyl groups is 1. The van der Waals surface area contributed by atoms with Crippen molar-refractivity contribution in [1.82, 2.24) is 10.2 Å². The topological polar surface area (TPSA) is 52.6 Å². The van der Waals surface area contributed by atoms with Gasteiger partial charge in [-0.1, -0.05) is 13.3 Å². The minimum absolute atomic E-state index is 0.0622. The zero-order valence-electron chi connectivity index (χ0n) is 12.1. The number of hydrogen-bond donors (Lipinski definition) is 2. The van der Waals surface area contributed by atoms with E-state index in [1.807, 2.05) is 4.90 Å². The fourth-order valence-corrected chi connectivity index (χ4v) is 2.59. The molecule has 1 aliphatic rings. The summed E-state index contributed by atoms with van der Waals surface area (Å²) in [5.41, 5.74) is 0.650. The molecule has 4 heteroatoms. The quantitative estimate of drug-likeness (QED) is 0.839. The number of phenolic OH excluding ortho intramolecular Hbond substituents is 1. The summed E-state index contributed by atoms with van der Waals surface area (Å²) < 4.78 is 0. The van der Waals surface area contributed by atoms with Crippen LogP contribution in [-0.4, -0.2) is 41.6 Å². The van der Waals surface area contributed by atoms with Crippen molar-refractivity contribution < 1.29 is 9.90 Å². The number of benzene rings is 1. The van der Waals surface area contributed by atoms with Crippen LogP contribution in [0.3, 0.4) is 0 Å². The molecule has 1 aromatic carbocycles. The van der Waals surface area contributed by atoms with Gasteiger partial charge in [0, 0.05) is 24.7 Å². The van der Waals surface area contributed by atoms with Crippen LogP contribution in [0.25, 0.3) is 0 Å². The lowest BCUT2D eigenvalue weighted by molar-refractivity contribution is 0.0739. The molecular weight excluding hydrogens is 252 g/mol. The SMILES string of the molecule is CCCCN(CC1CCCN1)C(=O)c1ccc(O)cc1. The monoisotopic (exact) mass is 276 g/mol. The normalized spacial score (nSPS) is 18.1. The molecule has 1 aromatic rings. The Kier molecular flexibility index (Phi) is 5.41. The van der Waals surface area contributed by atoms with Crippen molar-refractivity contribution in [2.45, 2.75) is 38.6 Å². The standard InChI is InChI=1S/C16H24N2O2/c1-2-3-11-18(12-14-5-4-10-17-14)16(20)13-6-8-15(19)9-7-13/h6-9,14,17,19H,2-5,10-12H2,1H3. The third-order valence-electron chi connectivity index (χ3n) is 3.79. The van der Waals surface area contributed by atoms with Crippen LogP contribution in [0, 0.1) is 0 Å². The van der Waals surface area contributed by atoms with Crippen molar-refractivity contribution in [2.75, 3.05) is 19.6 Å². The highest BCUT2D eigenvalue weighted by Crippen LogP contribution is 2.14. The molecule has 0 saturated carbocycles. The average Bonchev–Trinajstić information content (AvgIpc) is 2.96. The number of carbonyl (C=O) groups is 1. The Bertz CT molecular complexity index is 425. The summed E-state index contributed by atoms with van der Waals surface area (Å²) >= 11 is 0. The summed E-state index contributed by atoms with van der Waals surface area (Å²) in [5.74, 6) is 0.256. The summed E-state index contributed by atoms with van der Waals surface area (Å²) in [4.78, 5) is 14.5. The second-order valence-corrected chi connectivity index (χ2v) is 5.44. The van der Waals surface area contributed by atoms with Crippen LogP contribution in [0.5, 0.6) is 5.75 Å². The van der Waals surface area contributed by atoms with Crippen LogP contribution in [0.1, 0.15) is 43.0 Å². The number of nitrogens with one attached hydrogen (secondary N) is 1. The van der Waals surface area contributed by atoms with Gasteiger partial charge in [0.2, 0.25) is 0 Å². The van der Waals surface area contributed by atoms with E-state index in [0.29, 0.717) is 11.6 Å². The highest BCUT2D eigenvalue weighted by Gasteiger charge is 2.22. The molecule has 1 amide bonds. The van der Waals surface area contributed by atoms with E-state index < -0.39 is 0 Å². The largest absolute Gasteiger partial charge is 0.508 e. The van der Waals surface area contributed by atoms with Gasteiger partial charge in [-0.25, -0.2) is 0 Å². The van der Waals surface area contributed by atoms with Crippen molar-refractivity contribution in [3.05, 3.63) is 29.8 Å². The second kappa shape index (κ2) is 7.29. The summed E-state index contributed by atoms with van der Waals surface area (Å²) in [7, 11) is 0. The van der Waals surface area contributed by atoms with Crippen LogP contribution in [-0.2, 0) is 0 Å². The van der Waals surface area contributed by atoms with Gasteiger partial charge in [0.1, 0.15) is 5.75 Å². The Labute approximate surface area is 120 Å². The lowest BCUT2D eigenvalue weighted by Gasteiger charge is -2.26. The van der Waals surface area contributed by atoms with Gasteiger partial charge in [-0.2, -0.15) is 0 Å². The molecule has 2 N–H and O–H groups in total. The third kappa shape index (κ3) is 3.97. The van der Waals surface area contributed by atoms with Gasteiger partial charge in [-0.05, 0) is 50.1 Å². The van der Waals surface area contributed by atoms with Crippen LogP contribution in [0.15, 0.2) is 24.3 Å². The van der Waals surface area contributed by atoms with Crippen molar-refractivity contribution in [2.24, 2.45) is 0 Å². The minimum atomic E-state index is 0.0622. The highest BCUT2D eigenvalue weighted by molar-refractivity contribution is 5.94. The molecule has 20 heavy (non-hydrogen) atoms. The summed E-state index contributed by atoms with van der Waals surface area (Å²) in [6, 6.07) is 6.95. The summed E-state index contributed by atoms with van der Waals surface area (Å²) in [6.45, 7) is 4.77. The Balaban J connectivity index is 2.03. The molecule has 1 saturated heterocycles. The highest BCUT2D eigenvalue weighted by atomic mass is 16.3. The molecule has 4 nitrogen and oxygen atoms in total. The van der Waals surface area contributed by atoms with Crippen molar-refractivity contribution >= 4 is 5.91 Å².